The molecule has 0 bridgehead atoms. The zero-order valence-electron chi connectivity index (χ0n) is 13.6. The largest absolute Gasteiger partial charge is 0.450 e. The first kappa shape index (κ1) is 17.0. The third-order valence-corrected chi connectivity index (χ3v) is 3.54. The highest BCUT2D eigenvalue weighted by molar-refractivity contribution is 5.91. The molecule has 8 heteroatoms. The molecule has 0 aliphatic carbocycles. The second-order valence-electron chi connectivity index (χ2n) is 5.19. The molecule has 1 fully saturated rings. The number of carbonyl (C=O) groups is 2. The van der Waals surface area contributed by atoms with Crippen LogP contribution < -0.4 is 10.2 Å². The van der Waals surface area contributed by atoms with Gasteiger partial charge in [-0.3, -0.25) is 4.79 Å². The van der Waals surface area contributed by atoms with E-state index in [9.17, 15) is 9.59 Å². The smallest absolute Gasteiger partial charge is 0.409 e. The van der Waals surface area contributed by atoms with E-state index in [4.69, 9.17) is 4.74 Å². The van der Waals surface area contributed by atoms with E-state index in [1.165, 1.54) is 6.20 Å². The molecule has 0 spiro atoms. The zero-order chi connectivity index (χ0) is 16.7. The number of nitrogens with zero attached hydrogens (tertiary/aromatic N) is 4. The highest BCUT2D eigenvalue weighted by Gasteiger charge is 2.23. The lowest BCUT2D eigenvalue weighted by atomic mass is 10.3. The fourth-order valence-electron chi connectivity index (χ4n) is 2.26. The normalized spacial score (nSPS) is 14.5. The van der Waals surface area contributed by atoms with E-state index in [2.05, 4.69) is 15.3 Å². The van der Waals surface area contributed by atoms with Gasteiger partial charge in [0.25, 0.3) is 5.91 Å². The van der Waals surface area contributed by atoms with Gasteiger partial charge >= 0.3 is 6.09 Å². The summed E-state index contributed by atoms with van der Waals surface area (Å²) in [7, 11) is 0. The van der Waals surface area contributed by atoms with E-state index in [0.29, 0.717) is 50.8 Å². The van der Waals surface area contributed by atoms with Gasteiger partial charge in [-0.1, -0.05) is 6.92 Å². The van der Waals surface area contributed by atoms with Gasteiger partial charge in [-0.15, -0.1) is 0 Å². The Balaban J connectivity index is 1.89. The molecule has 23 heavy (non-hydrogen) atoms. The first-order valence-corrected chi connectivity index (χ1v) is 7.92. The minimum absolute atomic E-state index is 0.210. The Bertz CT molecular complexity index is 526. The Morgan fingerprint density at radius 2 is 1.91 bits per heavy atom. The second kappa shape index (κ2) is 8.30. The van der Waals surface area contributed by atoms with Gasteiger partial charge in [0.05, 0.1) is 19.0 Å². The van der Waals surface area contributed by atoms with Crippen LogP contribution in [0.15, 0.2) is 12.4 Å². The Morgan fingerprint density at radius 3 is 2.48 bits per heavy atom. The third kappa shape index (κ3) is 4.54. The average Bonchev–Trinajstić information content (AvgIpc) is 2.60. The van der Waals surface area contributed by atoms with Gasteiger partial charge in [0, 0.05) is 32.7 Å². The Morgan fingerprint density at radius 1 is 1.17 bits per heavy atom. The zero-order valence-corrected chi connectivity index (χ0v) is 13.6. The van der Waals surface area contributed by atoms with Crippen molar-refractivity contribution < 1.29 is 14.3 Å². The van der Waals surface area contributed by atoms with Crippen molar-refractivity contribution in [1.29, 1.82) is 0 Å². The van der Waals surface area contributed by atoms with Crippen LogP contribution in [-0.4, -0.2) is 66.2 Å². The number of amides is 2. The number of hydrogen-bond acceptors (Lipinski definition) is 6. The van der Waals surface area contributed by atoms with Gasteiger partial charge in [-0.2, -0.15) is 0 Å². The summed E-state index contributed by atoms with van der Waals surface area (Å²) in [6.45, 7) is 7.28. The minimum Gasteiger partial charge on any atom is -0.450 e. The maximum absolute atomic E-state index is 11.8. The molecule has 1 aromatic heterocycles. The van der Waals surface area contributed by atoms with Crippen LogP contribution >= 0.6 is 0 Å². The lowest BCUT2D eigenvalue weighted by Crippen LogP contribution is -2.49. The van der Waals surface area contributed by atoms with Gasteiger partial charge in [0.15, 0.2) is 0 Å². The average molecular weight is 321 g/mol. The molecule has 2 rings (SSSR count). The first-order valence-electron chi connectivity index (χ1n) is 7.92. The van der Waals surface area contributed by atoms with Crippen molar-refractivity contribution in [2.24, 2.45) is 0 Å². The van der Waals surface area contributed by atoms with Crippen molar-refractivity contribution in [1.82, 2.24) is 20.2 Å². The standard InChI is InChI=1S/C15H23N5O3/c1-3-5-16-14(21)12-10-18-13(11-17-12)19-6-8-20(9-7-19)15(22)23-4-2/h10-11H,3-9H2,1-2H3,(H,16,21). The lowest BCUT2D eigenvalue weighted by Gasteiger charge is -2.34. The minimum atomic E-state index is -0.277. The summed E-state index contributed by atoms with van der Waals surface area (Å²) in [5.41, 5.74) is 0.312. The second-order valence-corrected chi connectivity index (χ2v) is 5.19. The topological polar surface area (TPSA) is 87.7 Å². The molecule has 1 aromatic rings. The van der Waals surface area contributed by atoms with E-state index in [-0.39, 0.29) is 12.0 Å². The van der Waals surface area contributed by atoms with Gasteiger partial charge < -0.3 is 19.9 Å². The van der Waals surface area contributed by atoms with Crippen molar-refractivity contribution in [3.63, 3.8) is 0 Å². The fraction of sp³-hybridized carbons (Fsp3) is 0.600. The van der Waals surface area contributed by atoms with E-state index < -0.39 is 0 Å². The molecule has 1 aliphatic heterocycles. The fourth-order valence-corrected chi connectivity index (χ4v) is 2.26. The molecule has 0 unspecified atom stereocenters. The van der Waals surface area contributed by atoms with E-state index >= 15 is 0 Å². The molecule has 1 saturated heterocycles. The third-order valence-electron chi connectivity index (χ3n) is 3.54. The molecular weight excluding hydrogens is 298 g/mol. The summed E-state index contributed by atoms with van der Waals surface area (Å²) in [6, 6.07) is 0. The van der Waals surface area contributed by atoms with Crippen LogP contribution in [0.1, 0.15) is 30.8 Å². The van der Waals surface area contributed by atoms with Crippen LogP contribution in [-0.2, 0) is 4.74 Å². The summed E-state index contributed by atoms with van der Waals surface area (Å²) in [5, 5.41) is 2.76. The number of piperazine rings is 1. The van der Waals surface area contributed by atoms with Crippen LogP contribution in [0.5, 0.6) is 0 Å². The summed E-state index contributed by atoms with van der Waals surface area (Å²) < 4.78 is 4.99. The molecule has 0 aromatic carbocycles. The number of ether oxygens (including phenoxy) is 1. The van der Waals surface area contributed by atoms with Gasteiger partial charge in [0.1, 0.15) is 11.5 Å². The van der Waals surface area contributed by atoms with Crippen molar-refractivity contribution >= 4 is 17.8 Å². The first-order chi connectivity index (χ1) is 11.2. The summed E-state index contributed by atoms with van der Waals surface area (Å²) >= 11 is 0. The molecule has 2 heterocycles. The monoisotopic (exact) mass is 321 g/mol. The van der Waals surface area contributed by atoms with Crippen molar-refractivity contribution in [2.75, 3.05) is 44.2 Å². The van der Waals surface area contributed by atoms with Crippen LogP contribution in [0.2, 0.25) is 0 Å². The van der Waals surface area contributed by atoms with Crippen molar-refractivity contribution in [3.05, 3.63) is 18.1 Å². The summed E-state index contributed by atoms with van der Waals surface area (Å²) in [4.78, 5) is 35.6. The van der Waals surface area contributed by atoms with Gasteiger partial charge in [-0.05, 0) is 13.3 Å². The lowest BCUT2D eigenvalue weighted by molar-refractivity contribution is 0.0947. The molecule has 0 saturated carbocycles. The van der Waals surface area contributed by atoms with E-state index in [0.717, 1.165) is 6.42 Å². The molecule has 2 amide bonds. The van der Waals surface area contributed by atoms with Crippen LogP contribution in [0.3, 0.4) is 0 Å². The Hall–Kier alpha value is -2.38. The predicted molar refractivity (Wildman–Crippen MR) is 85.5 cm³/mol. The maximum Gasteiger partial charge on any atom is 0.409 e. The number of carbonyl (C=O) groups excluding carboxylic acids is 2. The molecule has 8 nitrogen and oxygen atoms in total. The summed E-state index contributed by atoms with van der Waals surface area (Å²) in [5.74, 6) is 0.499. The quantitative estimate of drug-likeness (QED) is 0.867. The summed E-state index contributed by atoms with van der Waals surface area (Å²) in [6.07, 6.45) is 3.68. The highest BCUT2D eigenvalue weighted by atomic mass is 16.6. The number of aromatic nitrogens is 2. The number of nitrogens with one attached hydrogen (secondary N) is 1. The van der Waals surface area contributed by atoms with Crippen LogP contribution in [0, 0.1) is 0 Å². The Kier molecular flexibility index (Phi) is 6.13. The Labute approximate surface area is 135 Å². The van der Waals surface area contributed by atoms with Crippen molar-refractivity contribution in [2.45, 2.75) is 20.3 Å². The molecular formula is C15H23N5O3. The number of hydrogen-bond donors (Lipinski definition) is 1. The molecule has 0 atom stereocenters. The highest BCUT2D eigenvalue weighted by Crippen LogP contribution is 2.13. The SMILES string of the molecule is CCCNC(=O)c1cnc(N2CCN(C(=O)OCC)CC2)cn1. The predicted octanol–water partition coefficient (Wildman–Crippen LogP) is 0.895. The maximum atomic E-state index is 11.8. The molecule has 126 valence electrons. The number of rotatable bonds is 5. The van der Waals surface area contributed by atoms with E-state index in [1.807, 2.05) is 11.8 Å². The van der Waals surface area contributed by atoms with Crippen LogP contribution in [0.25, 0.3) is 0 Å². The van der Waals surface area contributed by atoms with E-state index in [1.54, 1.807) is 18.0 Å². The van der Waals surface area contributed by atoms with Crippen LogP contribution in [0.4, 0.5) is 10.6 Å². The molecule has 1 aliphatic rings. The number of anilines is 1. The molecule has 0 radical (unpaired) electrons. The van der Waals surface area contributed by atoms with Crippen molar-refractivity contribution in [3.8, 4) is 0 Å². The van der Waals surface area contributed by atoms with Gasteiger partial charge in [0.2, 0.25) is 0 Å². The van der Waals surface area contributed by atoms with Gasteiger partial charge in [-0.25, -0.2) is 14.8 Å². The molecule has 1 N–H and O–H groups in total.